The van der Waals surface area contributed by atoms with Crippen LogP contribution >= 0.6 is 0 Å². The van der Waals surface area contributed by atoms with Crippen LogP contribution in [0.5, 0.6) is 6.01 Å². The number of aromatic nitrogens is 2. The lowest BCUT2D eigenvalue weighted by Gasteiger charge is -2.14. The molecule has 1 aromatic rings. The summed E-state index contributed by atoms with van der Waals surface area (Å²) in [6.45, 7) is -0.229. The Labute approximate surface area is 103 Å². The Morgan fingerprint density at radius 1 is 1.44 bits per heavy atom. The number of amides is 1. The van der Waals surface area contributed by atoms with Crippen LogP contribution in [-0.4, -0.2) is 43.2 Å². The fourth-order valence-corrected chi connectivity index (χ4v) is 2.34. The number of ether oxygens (including phenoxy) is 1. The molecule has 2 heterocycles. The Balaban J connectivity index is 2.21. The van der Waals surface area contributed by atoms with Gasteiger partial charge in [-0.3, -0.25) is 4.79 Å². The Morgan fingerprint density at radius 3 is 2.50 bits per heavy atom. The van der Waals surface area contributed by atoms with Crippen LogP contribution in [0.25, 0.3) is 0 Å². The van der Waals surface area contributed by atoms with Crippen molar-refractivity contribution in [2.24, 2.45) is 0 Å². The fourth-order valence-electron chi connectivity index (χ4n) is 1.67. The predicted octanol–water partition coefficient (Wildman–Crippen LogP) is -0.110. The minimum absolute atomic E-state index is 0.125. The Morgan fingerprint density at radius 2 is 2.06 bits per heavy atom. The lowest BCUT2D eigenvalue weighted by molar-refractivity contribution is -0.117. The van der Waals surface area contributed by atoms with Crippen molar-refractivity contribution >= 4 is 21.8 Å². The normalized spacial score (nSPS) is 20.2. The second-order valence-electron chi connectivity index (χ2n) is 3.73. The largest absolute Gasteiger partial charge is 0.467 e. The average Bonchev–Trinajstić information content (AvgIpc) is 2.71. The number of carbonyl (C=O) groups excluding carboxylic acids is 1. The van der Waals surface area contributed by atoms with E-state index in [9.17, 15) is 17.1 Å². The smallest absolute Gasteiger partial charge is 0.316 e. The molecule has 2 rings (SSSR count). The molecule has 9 heteroatoms. The van der Waals surface area contributed by atoms with Gasteiger partial charge >= 0.3 is 16.2 Å². The van der Waals surface area contributed by atoms with Gasteiger partial charge in [0, 0.05) is 13.0 Å². The van der Waals surface area contributed by atoms with Crippen molar-refractivity contribution in [2.45, 2.75) is 11.7 Å². The van der Waals surface area contributed by atoms with Gasteiger partial charge in [0.15, 0.2) is 0 Å². The van der Waals surface area contributed by atoms with Crippen molar-refractivity contribution in [1.82, 2.24) is 9.97 Å². The topological polar surface area (TPSA) is 89.5 Å². The van der Waals surface area contributed by atoms with Gasteiger partial charge in [-0.25, -0.2) is 9.97 Å². The molecule has 1 atom stereocenters. The number of anilines is 1. The number of hydrogen-bond donors (Lipinski definition) is 0. The van der Waals surface area contributed by atoms with Crippen LogP contribution < -0.4 is 9.64 Å². The van der Waals surface area contributed by atoms with Crippen molar-refractivity contribution in [3.63, 3.8) is 0 Å². The fraction of sp³-hybridized carbons (Fsp3) is 0.444. The van der Waals surface area contributed by atoms with Gasteiger partial charge in [0.05, 0.1) is 25.2 Å². The molecular weight excluding hydrogens is 265 g/mol. The van der Waals surface area contributed by atoms with Crippen LogP contribution in [0, 0.1) is 0 Å². The minimum atomic E-state index is -4.72. The first-order chi connectivity index (χ1) is 8.41. The third-order valence-corrected chi connectivity index (χ3v) is 3.71. The second-order valence-corrected chi connectivity index (χ2v) is 5.35. The third-order valence-electron chi connectivity index (χ3n) is 2.60. The maximum absolute atomic E-state index is 12.8. The second kappa shape index (κ2) is 4.48. The van der Waals surface area contributed by atoms with Gasteiger partial charge < -0.3 is 9.64 Å². The molecule has 0 N–H and O–H groups in total. The molecule has 1 saturated heterocycles. The van der Waals surface area contributed by atoms with Crippen LogP contribution in [0.4, 0.5) is 9.57 Å². The summed E-state index contributed by atoms with van der Waals surface area (Å²) in [6.07, 6.45) is 2.26. The molecule has 1 fully saturated rings. The molecule has 0 aromatic carbocycles. The summed E-state index contributed by atoms with van der Waals surface area (Å²) in [5.74, 6) is -0.477. The number of carbonyl (C=O) groups is 1. The minimum Gasteiger partial charge on any atom is -0.467 e. The van der Waals surface area contributed by atoms with E-state index in [-0.39, 0.29) is 19.0 Å². The van der Waals surface area contributed by atoms with E-state index in [0.717, 1.165) is 4.90 Å². The van der Waals surface area contributed by atoms with E-state index in [2.05, 4.69) is 9.97 Å². The van der Waals surface area contributed by atoms with Gasteiger partial charge in [0.1, 0.15) is 5.25 Å². The summed E-state index contributed by atoms with van der Waals surface area (Å²) in [6, 6.07) is 0.125. The van der Waals surface area contributed by atoms with Gasteiger partial charge in [-0.2, -0.15) is 8.42 Å². The molecule has 0 bridgehead atoms. The summed E-state index contributed by atoms with van der Waals surface area (Å²) in [4.78, 5) is 20.3. The lowest BCUT2D eigenvalue weighted by Crippen LogP contribution is -2.27. The van der Waals surface area contributed by atoms with E-state index in [1.54, 1.807) is 0 Å². The monoisotopic (exact) mass is 275 g/mol. The molecule has 1 aliphatic rings. The number of halogens is 1. The zero-order valence-electron chi connectivity index (χ0n) is 9.41. The first kappa shape index (κ1) is 12.7. The summed E-state index contributed by atoms with van der Waals surface area (Å²) in [5.41, 5.74) is 0.312. The van der Waals surface area contributed by atoms with E-state index in [0.29, 0.717) is 5.69 Å². The van der Waals surface area contributed by atoms with Crippen LogP contribution in [0.1, 0.15) is 6.42 Å². The van der Waals surface area contributed by atoms with Gasteiger partial charge in [0.2, 0.25) is 5.91 Å². The quantitative estimate of drug-likeness (QED) is 0.715. The zero-order valence-corrected chi connectivity index (χ0v) is 10.2. The Hall–Kier alpha value is -1.77. The van der Waals surface area contributed by atoms with E-state index in [1.165, 1.54) is 19.5 Å². The highest BCUT2D eigenvalue weighted by atomic mass is 32.3. The number of methoxy groups -OCH3 is 1. The Kier molecular flexibility index (Phi) is 3.16. The summed E-state index contributed by atoms with van der Waals surface area (Å²) < 4.78 is 39.1. The predicted molar refractivity (Wildman–Crippen MR) is 59.4 cm³/mol. The molecule has 1 unspecified atom stereocenters. The highest BCUT2D eigenvalue weighted by Gasteiger charge is 2.39. The average molecular weight is 275 g/mol. The van der Waals surface area contributed by atoms with Crippen molar-refractivity contribution < 1.29 is 21.8 Å². The summed E-state index contributed by atoms with van der Waals surface area (Å²) >= 11 is 0. The third kappa shape index (κ3) is 2.40. The Bertz CT molecular complexity index is 560. The molecule has 0 saturated carbocycles. The SMILES string of the molecule is COc1ncc(N2CC(S(=O)(=O)F)CC2=O)cn1. The van der Waals surface area contributed by atoms with Crippen LogP contribution in [0.2, 0.25) is 0 Å². The molecule has 1 aromatic heterocycles. The molecular formula is C9H10FN3O4S. The van der Waals surface area contributed by atoms with Gasteiger partial charge in [-0.15, -0.1) is 3.89 Å². The van der Waals surface area contributed by atoms with E-state index in [1.807, 2.05) is 0 Å². The van der Waals surface area contributed by atoms with Crippen molar-refractivity contribution in [3.05, 3.63) is 12.4 Å². The van der Waals surface area contributed by atoms with Gasteiger partial charge in [-0.05, 0) is 0 Å². The number of nitrogens with zero attached hydrogens (tertiary/aromatic N) is 3. The van der Waals surface area contributed by atoms with Crippen LogP contribution in [-0.2, 0) is 15.0 Å². The van der Waals surface area contributed by atoms with Crippen LogP contribution in [0.3, 0.4) is 0 Å². The van der Waals surface area contributed by atoms with Gasteiger partial charge in [0.25, 0.3) is 0 Å². The van der Waals surface area contributed by atoms with E-state index in [4.69, 9.17) is 4.74 Å². The first-order valence-corrected chi connectivity index (χ1v) is 6.46. The lowest BCUT2D eigenvalue weighted by atomic mass is 10.4. The summed E-state index contributed by atoms with van der Waals surface area (Å²) in [5, 5.41) is -1.33. The molecule has 0 radical (unpaired) electrons. The van der Waals surface area contributed by atoms with Gasteiger partial charge in [-0.1, -0.05) is 0 Å². The maximum Gasteiger partial charge on any atom is 0.316 e. The molecule has 18 heavy (non-hydrogen) atoms. The van der Waals surface area contributed by atoms with E-state index >= 15 is 0 Å². The molecule has 98 valence electrons. The molecule has 7 nitrogen and oxygen atoms in total. The number of rotatable bonds is 3. The van der Waals surface area contributed by atoms with Crippen LogP contribution in [0.15, 0.2) is 12.4 Å². The highest BCUT2D eigenvalue weighted by Crippen LogP contribution is 2.25. The standard InChI is InChI=1S/C9H10FN3O4S/c1-17-9-11-3-6(4-12-9)13-5-7(2-8(13)14)18(10,15)16/h3-4,7H,2,5H2,1H3. The summed E-state index contributed by atoms with van der Waals surface area (Å²) in [7, 11) is -3.33. The maximum atomic E-state index is 12.8. The molecule has 0 aliphatic carbocycles. The van der Waals surface area contributed by atoms with Crippen molar-refractivity contribution in [2.75, 3.05) is 18.6 Å². The molecule has 0 spiro atoms. The molecule has 1 aliphatic heterocycles. The number of hydrogen-bond acceptors (Lipinski definition) is 6. The molecule has 1 amide bonds. The van der Waals surface area contributed by atoms with E-state index < -0.39 is 21.4 Å². The highest BCUT2D eigenvalue weighted by molar-refractivity contribution is 7.87. The first-order valence-electron chi connectivity index (χ1n) is 5.01. The zero-order chi connectivity index (χ0) is 13.3. The van der Waals surface area contributed by atoms with Crippen molar-refractivity contribution in [1.29, 1.82) is 0 Å². The van der Waals surface area contributed by atoms with Crippen molar-refractivity contribution in [3.8, 4) is 6.01 Å².